The van der Waals surface area contributed by atoms with Crippen LogP contribution in [0, 0.1) is 12.8 Å². The van der Waals surface area contributed by atoms with E-state index in [1.165, 1.54) is 0 Å². The summed E-state index contributed by atoms with van der Waals surface area (Å²) in [5, 5.41) is 7.29. The van der Waals surface area contributed by atoms with Crippen LogP contribution in [0.4, 0.5) is 5.82 Å². The molecule has 0 bridgehead atoms. The predicted octanol–water partition coefficient (Wildman–Crippen LogP) is 1.28. The van der Waals surface area contributed by atoms with Crippen LogP contribution in [0.3, 0.4) is 0 Å². The molecule has 1 N–H and O–H groups in total. The molecule has 1 aliphatic carbocycles. The number of likely N-dealkylation sites (tertiary alicyclic amines) is 1. The van der Waals surface area contributed by atoms with Crippen LogP contribution in [-0.2, 0) is 19.4 Å². The van der Waals surface area contributed by atoms with E-state index in [0.29, 0.717) is 18.8 Å². The van der Waals surface area contributed by atoms with Gasteiger partial charge in [-0.05, 0) is 26.2 Å². The maximum Gasteiger partial charge on any atom is 0.230 e. The van der Waals surface area contributed by atoms with Gasteiger partial charge in [-0.25, -0.2) is 13.1 Å². The maximum absolute atomic E-state index is 12.8. The highest BCUT2D eigenvalue weighted by molar-refractivity contribution is 7.91. The number of carbonyl (C=O) groups is 2. The first-order valence-electron chi connectivity index (χ1n) is 9.69. The van der Waals surface area contributed by atoms with Gasteiger partial charge >= 0.3 is 0 Å². The van der Waals surface area contributed by atoms with Crippen molar-refractivity contribution in [3.63, 3.8) is 0 Å². The highest BCUT2D eigenvalue weighted by atomic mass is 32.2. The van der Waals surface area contributed by atoms with E-state index in [2.05, 4.69) is 10.4 Å². The SMILES string of the molecule is Cc1cc(NC(=O)C2CC(=O)N(C3CCCC3)C2)n(C2CCS(=O)(=O)C2)n1. The molecule has 2 unspecified atom stereocenters. The third-order valence-corrected chi connectivity index (χ3v) is 7.71. The fraction of sp³-hybridized carbons (Fsp3) is 0.722. The molecule has 0 aromatic carbocycles. The molecular weight excluding hydrogens is 368 g/mol. The second-order valence-corrected chi connectivity index (χ2v) is 10.3. The van der Waals surface area contributed by atoms with Gasteiger partial charge in [0.2, 0.25) is 11.8 Å². The summed E-state index contributed by atoms with van der Waals surface area (Å²) in [6, 6.07) is 1.79. The minimum Gasteiger partial charge on any atom is -0.339 e. The third-order valence-electron chi connectivity index (χ3n) is 5.96. The fourth-order valence-electron chi connectivity index (χ4n) is 4.56. The number of carbonyl (C=O) groups excluding carboxylic acids is 2. The van der Waals surface area contributed by atoms with Crippen molar-refractivity contribution < 1.29 is 18.0 Å². The van der Waals surface area contributed by atoms with Gasteiger partial charge in [-0.1, -0.05) is 12.8 Å². The van der Waals surface area contributed by atoms with Gasteiger partial charge in [-0.2, -0.15) is 5.10 Å². The van der Waals surface area contributed by atoms with Crippen LogP contribution in [0.25, 0.3) is 0 Å². The molecule has 2 atom stereocenters. The highest BCUT2D eigenvalue weighted by Crippen LogP contribution is 2.31. The summed E-state index contributed by atoms with van der Waals surface area (Å²) in [5.41, 5.74) is 0.727. The van der Waals surface area contributed by atoms with Crippen LogP contribution in [0.2, 0.25) is 0 Å². The van der Waals surface area contributed by atoms with Crippen molar-refractivity contribution in [1.29, 1.82) is 0 Å². The Morgan fingerprint density at radius 3 is 2.63 bits per heavy atom. The zero-order valence-corrected chi connectivity index (χ0v) is 16.4. The molecule has 1 saturated carbocycles. The summed E-state index contributed by atoms with van der Waals surface area (Å²) < 4.78 is 25.2. The van der Waals surface area contributed by atoms with Crippen molar-refractivity contribution in [2.24, 2.45) is 5.92 Å². The van der Waals surface area contributed by atoms with E-state index >= 15 is 0 Å². The van der Waals surface area contributed by atoms with Gasteiger partial charge in [0.05, 0.1) is 29.2 Å². The Bertz CT molecular complexity index is 857. The molecule has 8 nitrogen and oxygen atoms in total. The molecule has 2 saturated heterocycles. The molecule has 9 heteroatoms. The number of aryl methyl sites for hydroxylation is 1. The van der Waals surface area contributed by atoms with Crippen molar-refractivity contribution >= 4 is 27.5 Å². The average Bonchev–Trinajstić information content (AvgIpc) is 3.34. The van der Waals surface area contributed by atoms with Crippen LogP contribution >= 0.6 is 0 Å². The van der Waals surface area contributed by atoms with Crippen LogP contribution in [0.5, 0.6) is 0 Å². The summed E-state index contributed by atoms with van der Waals surface area (Å²) in [6.45, 7) is 2.29. The lowest BCUT2D eigenvalue weighted by Gasteiger charge is -2.24. The predicted molar refractivity (Wildman–Crippen MR) is 100.0 cm³/mol. The molecule has 3 heterocycles. The molecule has 3 fully saturated rings. The average molecular weight is 394 g/mol. The molecule has 3 aliphatic rings. The quantitative estimate of drug-likeness (QED) is 0.829. The number of sulfone groups is 1. The lowest BCUT2D eigenvalue weighted by molar-refractivity contribution is -0.129. The standard InChI is InChI=1S/C18H26N4O4S/c1-12-8-16(22(20-12)15-6-7-27(25,26)11-15)19-18(24)13-9-17(23)21(10-13)14-4-2-3-5-14/h8,13-15H,2-7,9-11H2,1H3,(H,19,24). The molecule has 0 spiro atoms. The van der Waals surface area contributed by atoms with Crippen LogP contribution < -0.4 is 5.32 Å². The molecule has 2 aliphatic heterocycles. The van der Waals surface area contributed by atoms with Crippen molar-refractivity contribution in [2.75, 3.05) is 23.4 Å². The van der Waals surface area contributed by atoms with Crippen LogP contribution in [-0.4, -0.2) is 59.0 Å². The normalized spacial score (nSPS) is 28.2. The van der Waals surface area contributed by atoms with Gasteiger partial charge < -0.3 is 10.2 Å². The Morgan fingerprint density at radius 1 is 1.22 bits per heavy atom. The van der Waals surface area contributed by atoms with Crippen molar-refractivity contribution in [1.82, 2.24) is 14.7 Å². The largest absolute Gasteiger partial charge is 0.339 e. The molecule has 27 heavy (non-hydrogen) atoms. The first-order valence-corrected chi connectivity index (χ1v) is 11.5. The highest BCUT2D eigenvalue weighted by Gasteiger charge is 2.39. The monoisotopic (exact) mass is 394 g/mol. The van der Waals surface area contributed by atoms with Gasteiger partial charge in [-0.3, -0.25) is 9.59 Å². The Labute approximate surface area is 159 Å². The summed E-state index contributed by atoms with van der Waals surface area (Å²) >= 11 is 0. The molecule has 4 rings (SSSR count). The lowest BCUT2D eigenvalue weighted by atomic mass is 10.1. The maximum atomic E-state index is 12.8. The van der Waals surface area contributed by atoms with E-state index in [0.717, 1.165) is 31.4 Å². The number of amides is 2. The lowest BCUT2D eigenvalue weighted by Crippen LogP contribution is -2.35. The van der Waals surface area contributed by atoms with Crippen molar-refractivity contribution in [3.8, 4) is 0 Å². The third kappa shape index (κ3) is 3.74. The number of nitrogens with one attached hydrogen (secondary N) is 1. The van der Waals surface area contributed by atoms with Gasteiger partial charge in [0.1, 0.15) is 5.82 Å². The van der Waals surface area contributed by atoms with Crippen molar-refractivity contribution in [2.45, 2.75) is 57.5 Å². The number of aromatic nitrogens is 2. The Hall–Kier alpha value is -1.90. The van der Waals surface area contributed by atoms with E-state index in [1.807, 2.05) is 11.8 Å². The zero-order valence-electron chi connectivity index (χ0n) is 15.6. The number of hydrogen-bond donors (Lipinski definition) is 1. The van der Waals surface area contributed by atoms with E-state index < -0.39 is 9.84 Å². The number of nitrogens with zero attached hydrogens (tertiary/aromatic N) is 3. The molecule has 148 valence electrons. The Morgan fingerprint density at radius 2 is 1.96 bits per heavy atom. The van der Waals surface area contributed by atoms with E-state index in [-0.39, 0.29) is 47.7 Å². The first-order chi connectivity index (χ1) is 12.8. The minimum absolute atomic E-state index is 0.0500. The Balaban J connectivity index is 1.45. The number of hydrogen-bond acceptors (Lipinski definition) is 5. The minimum atomic E-state index is -3.04. The summed E-state index contributed by atoms with van der Waals surface area (Å²) in [4.78, 5) is 27.0. The van der Waals surface area contributed by atoms with E-state index in [9.17, 15) is 18.0 Å². The molecule has 1 aromatic rings. The number of anilines is 1. The first kappa shape index (κ1) is 18.5. The van der Waals surface area contributed by atoms with Crippen LogP contribution in [0.1, 0.15) is 50.3 Å². The van der Waals surface area contributed by atoms with Gasteiger partial charge in [0.15, 0.2) is 9.84 Å². The molecular formula is C18H26N4O4S. The molecule has 0 radical (unpaired) electrons. The second kappa shape index (κ2) is 6.92. The summed E-state index contributed by atoms with van der Waals surface area (Å²) in [5.74, 6) is 0.228. The topological polar surface area (TPSA) is 101 Å². The summed E-state index contributed by atoms with van der Waals surface area (Å²) in [7, 11) is -3.04. The van der Waals surface area contributed by atoms with Gasteiger partial charge in [0, 0.05) is 25.1 Å². The van der Waals surface area contributed by atoms with E-state index in [1.54, 1.807) is 10.7 Å². The second-order valence-electron chi connectivity index (χ2n) is 8.05. The van der Waals surface area contributed by atoms with Crippen molar-refractivity contribution in [3.05, 3.63) is 11.8 Å². The van der Waals surface area contributed by atoms with Gasteiger partial charge in [-0.15, -0.1) is 0 Å². The van der Waals surface area contributed by atoms with Gasteiger partial charge in [0.25, 0.3) is 0 Å². The molecule has 2 amide bonds. The van der Waals surface area contributed by atoms with E-state index in [4.69, 9.17) is 0 Å². The molecule has 1 aromatic heterocycles. The smallest absolute Gasteiger partial charge is 0.230 e. The summed E-state index contributed by atoms with van der Waals surface area (Å²) in [6.07, 6.45) is 5.10. The Kier molecular flexibility index (Phi) is 4.73. The van der Waals surface area contributed by atoms with Crippen LogP contribution in [0.15, 0.2) is 6.07 Å². The zero-order chi connectivity index (χ0) is 19.2. The number of rotatable bonds is 4. The fourth-order valence-corrected chi connectivity index (χ4v) is 6.25.